The number of benzene rings is 3. The molecule has 0 heterocycles. The average molecular weight is 417 g/mol. The van der Waals surface area contributed by atoms with E-state index in [1.807, 2.05) is 60.7 Å². The first-order valence-corrected chi connectivity index (χ1v) is 10.3. The maximum Gasteiger partial charge on any atom is 0.315 e. The van der Waals surface area contributed by atoms with Crippen LogP contribution in [0.3, 0.4) is 0 Å². The van der Waals surface area contributed by atoms with Gasteiger partial charge in [0.15, 0.2) is 0 Å². The summed E-state index contributed by atoms with van der Waals surface area (Å²) >= 11 is 5.99. The van der Waals surface area contributed by atoms with Gasteiger partial charge in [-0.15, -0.1) is 0 Å². The molecule has 150 valence electrons. The average Bonchev–Trinajstić information content (AvgIpc) is 3.59. The Morgan fingerprint density at radius 3 is 2.33 bits per heavy atom. The van der Waals surface area contributed by atoms with Crippen molar-refractivity contribution in [2.24, 2.45) is 5.92 Å². The van der Waals surface area contributed by atoms with Crippen molar-refractivity contribution in [2.75, 3.05) is 5.32 Å². The Morgan fingerprint density at radius 1 is 0.967 bits per heavy atom. The maximum absolute atomic E-state index is 13.0. The second-order valence-corrected chi connectivity index (χ2v) is 7.87. The fourth-order valence-electron chi connectivity index (χ4n) is 3.53. The molecular weight excluding hydrogens is 396 g/mol. The summed E-state index contributed by atoms with van der Waals surface area (Å²) in [5.41, 5.74) is 3.28. The molecule has 4 nitrogen and oxygen atoms in total. The maximum atomic E-state index is 13.0. The third kappa shape index (κ3) is 4.82. The fourth-order valence-corrected chi connectivity index (χ4v) is 3.65. The summed E-state index contributed by atoms with van der Waals surface area (Å²) in [5.74, 6) is -0.486. The number of para-hydroxylation sites is 1. The zero-order valence-electron chi connectivity index (χ0n) is 16.3. The van der Waals surface area contributed by atoms with Gasteiger partial charge in [-0.3, -0.25) is 4.79 Å². The van der Waals surface area contributed by atoms with Crippen molar-refractivity contribution >= 4 is 28.9 Å². The minimum Gasteiger partial charge on any atom is -0.441 e. The minimum absolute atomic E-state index is 0.254. The molecule has 3 aromatic carbocycles. The minimum atomic E-state index is -0.969. The zero-order chi connectivity index (χ0) is 20.9. The van der Waals surface area contributed by atoms with Gasteiger partial charge in [-0.25, -0.2) is 0 Å². The van der Waals surface area contributed by atoms with Crippen LogP contribution in [0.2, 0.25) is 5.02 Å². The van der Waals surface area contributed by atoms with Crippen LogP contribution in [0.4, 0.5) is 11.4 Å². The van der Waals surface area contributed by atoms with Crippen LogP contribution in [-0.2, 0) is 9.53 Å². The van der Waals surface area contributed by atoms with Crippen LogP contribution in [-0.4, -0.2) is 5.97 Å². The predicted octanol–water partition coefficient (Wildman–Crippen LogP) is 6.39. The van der Waals surface area contributed by atoms with Gasteiger partial charge in [0.1, 0.15) is 6.07 Å². The normalized spacial score (nSPS) is 14.9. The first kappa shape index (κ1) is 20.0. The predicted molar refractivity (Wildman–Crippen MR) is 118 cm³/mol. The number of nitriles is 1. The van der Waals surface area contributed by atoms with E-state index in [4.69, 9.17) is 16.3 Å². The highest BCUT2D eigenvalue weighted by atomic mass is 35.5. The van der Waals surface area contributed by atoms with Crippen LogP contribution in [0, 0.1) is 17.2 Å². The van der Waals surface area contributed by atoms with E-state index in [2.05, 4.69) is 11.4 Å². The molecule has 0 aliphatic heterocycles. The lowest BCUT2D eigenvalue weighted by atomic mass is 9.94. The van der Waals surface area contributed by atoms with E-state index < -0.39 is 6.10 Å². The Labute approximate surface area is 181 Å². The number of hydrogen-bond acceptors (Lipinski definition) is 4. The number of ether oxygens (including phenoxy) is 1. The van der Waals surface area contributed by atoms with Crippen molar-refractivity contribution in [1.29, 1.82) is 5.26 Å². The monoisotopic (exact) mass is 416 g/mol. The van der Waals surface area contributed by atoms with Crippen molar-refractivity contribution in [3.05, 3.63) is 95.0 Å². The molecule has 4 rings (SSSR count). The van der Waals surface area contributed by atoms with Gasteiger partial charge in [0.25, 0.3) is 0 Å². The molecule has 2 unspecified atom stereocenters. The van der Waals surface area contributed by atoms with E-state index in [0.717, 1.165) is 29.8 Å². The molecule has 0 saturated heterocycles. The highest BCUT2D eigenvalue weighted by Crippen LogP contribution is 2.44. The Bertz CT molecular complexity index is 1060. The standard InChI is InChI=1S/C25H21ClN2O2/c26-20-13-11-18(12-14-20)24(17-9-10-17)25(29)30-23(16-27)19-5-4-8-22(15-19)28-21-6-2-1-3-7-21/h1-8,11-15,17,23-24,28H,9-10H2. The van der Waals surface area contributed by atoms with Crippen LogP contribution in [0.5, 0.6) is 0 Å². The molecule has 0 amide bonds. The lowest BCUT2D eigenvalue weighted by molar-refractivity contribution is -0.149. The smallest absolute Gasteiger partial charge is 0.315 e. The second-order valence-electron chi connectivity index (χ2n) is 7.43. The lowest BCUT2D eigenvalue weighted by Crippen LogP contribution is -2.20. The van der Waals surface area contributed by atoms with Crippen molar-refractivity contribution in [2.45, 2.75) is 24.9 Å². The van der Waals surface area contributed by atoms with Gasteiger partial charge in [0.05, 0.1) is 5.92 Å². The molecular formula is C25H21ClN2O2. The number of nitrogens with zero attached hydrogens (tertiary/aromatic N) is 1. The first-order chi connectivity index (χ1) is 14.6. The summed E-state index contributed by atoms with van der Waals surface area (Å²) in [4.78, 5) is 13.0. The SMILES string of the molecule is N#CC(OC(=O)C(c1ccc(Cl)cc1)C1CC1)c1cccc(Nc2ccccc2)c1. The number of carbonyl (C=O) groups excluding carboxylic acids is 1. The molecule has 0 aromatic heterocycles. The number of anilines is 2. The molecule has 1 saturated carbocycles. The van der Waals surface area contributed by atoms with E-state index in [-0.39, 0.29) is 17.8 Å². The van der Waals surface area contributed by atoms with Crippen molar-refractivity contribution < 1.29 is 9.53 Å². The number of halogens is 1. The number of nitrogens with one attached hydrogen (secondary N) is 1. The van der Waals surface area contributed by atoms with Gasteiger partial charge in [-0.1, -0.05) is 54.1 Å². The summed E-state index contributed by atoms with van der Waals surface area (Å²) in [6.45, 7) is 0. The number of rotatable bonds is 7. The Morgan fingerprint density at radius 2 is 1.67 bits per heavy atom. The fraction of sp³-hybridized carbons (Fsp3) is 0.200. The third-order valence-corrected chi connectivity index (χ3v) is 5.43. The first-order valence-electron chi connectivity index (χ1n) is 9.91. The summed E-state index contributed by atoms with van der Waals surface area (Å²) < 4.78 is 5.68. The number of hydrogen-bond donors (Lipinski definition) is 1. The third-order valence-electron chi connectivity index (χ3n) is 5.18. The van der Waals surface area contributed by atoms with E-state index in [0.29, 0.717) is 10.6 Å². The van der Waals surface area contributed by atoms with Crippen LogP contribution < -0.4 is 5.32 Å². The van der Waals surface area contributed by atoms with E-state index >= 15 is 0 Å². The second kappa shape index (κ2) is 9.02. The molecule has 1 N–H and O–H groups in total. The molecule has 0 radical (unpaired) electrons. The molecule has 3 aromatic rings. The molecule has 1 fully saturated rings. The van der Waals surface area contributed by atoms with Gasteiger partial charge < -0.3 is 10.1 Å². The quantitative estimate of drug-likeness (QED) is 0.453. The number of carbonyl (C=O) groups is 1. The van der Waals surface area contributed by atoms with Crippen molar-refractivity contribution in [3.63, 3.8) is 0 Å². The largest absolute Gasteiger partial charge is 0.441 e. The zero-order valence-corrected chi connectivity index (χ0v) is 17.0. The van der Waals surface area contributed by atoms with E-state index in [9.17, 15) is 10.1 Å². The molecule has 0 spiro atoms. The van der Waals surface area contributed by atoms with Crippen LogP contribution >= 0.6 is 11.6 Å². The Balaban J connectivity index is 1.51. The summed E-state index contributed by atoms with van der Waals surface area (Å²) in [6, 6.07) is 26.5. The highest BCUT2D eigenvalue weighted by molar-refractivity contribution is 6.30. The molecule has 1 aliphatic rings. The van der Waals surface area contributed by atoms with Crippen molar-refractivity contribution in [1.82, 2.24) is 0 Å². The van der Waals surface area contributed by atoms with Gasteiger partial charge in [-0.2, -0.15) is 5.26 Å². The summed E-state index contributed by atoms with van der Waals surface area (Å²) in [5, 5.41) is 13.6. The molecule has 30 heavy (non-hydrogen) atoms. The molecule has 2 atom stereocenters. The van der Waals surface area contributed by atoms with Gasteiger partial charge in [-0.05, 0) is 60.7 Å². The Kier molecular flexibility index (Phi) is 6.02. The van der Waals surface area contributed by atoms with E-state index in [1.165, 1.54) is 0 Å². The lowest BCUT2D eigenvalue weighted by Gasteiger charge is -2.19. The Hall–Kier alpha value is -3.29. The number of esters is 1. The summed E-state index contributed by atoms with van der Waals surface area (Å²) in [6.07, 6.45) is 0.996. The van der Waals surface area contributed by atoms with Crippen LogP contribution in [0.1, 0.15) is 36.0 Å². The van der Waals surface area contributed by atoms with Crippen LogP contribution in [0.15, 0.2) is 78.9 Å². The van der Waals surface area contributed by atoms with Gasteiger partial charge in [0.2, 0.25) is 6.10 Å². The summed E-state index contributed by atoms with van der Waals surface area (Å²) in [7, 11) is 0. The molecule has 1 aliphatic carbocycles. The van der Waals surface area contributed by atoms with E-state index in [1.54, 1.807) is 18.2 Å². The molecule has 0 bridgehead atoms. The molecule has 5 heteroatoms. The van der Waals surface area contributed by atoms with Crippen molar-refractivity contribution in [3.8, 4) is 6.07 Å². The highest BCUT2D eigenvalue weighted by Gasteiger charge is 2.39. The van der Waals surface area contributed by atoms with Gasteiger partial charge in [0, 0.05) is 22.0 Å². The van der Waals surface area contributed by atoms with Gasteiger partial charge >= 0.3 is 5.97 Å². The van der Waals surface area contributed by atoms with Crippen LogP contribution in [0.25, 0.3) is 0 Å². The topological polar surface area (TPSA) is 62.1 Å².